The van der Waals surface area contributed by atoms with Gasteiger partial charge in [-0.3, -0.25) is 14.7 Å². The third-order valence-corrected chi connectivity index (χ3v) is 6.66. The summed E-state index contributed by atoms with van der Waals surface area (Å²) in [6.45, 7) is 11.5. The molecule has 0 saturated heterocycles. The summed E-state index contributed by atoms with van der Waals surface area (Å²) in [5.74, 6) is 1.35. The Morgan fingerprint density at radius 2 is 1.89 bits per heavy atom. The van der Waals surface area contributed by atoms with Crippen molar-refractivity contribution in [3.63, 3.8) is 0 Å². The van der Waals surface area contributed by atoms with Gasteiger partial charge in [-0.25, -0.2) is 9.78 Å². The van der Waals surface area contributed by atoms with Gasteiger partial charge in [-0.15, -0.1) is 0 Å². The van der Waals surface area contributed by atoms with Crippen LogP contribution in [0.4, 0.5) is 10.5 Å². The Morgan fingerprint density at radius 3 is 2.58 bits per heavy atom. The topological polar surface area (TPSA) is 86.4 Å². The van der Waals surface area contributed by atoms with Crippen molar-refractivity contribution in [3.05, 3.63) is 79.9 Å². The molecule has 0 fully saturated rings. The summed E-state index contributed by atoms with van der Waals surface area (Å²) in [4.78, 5) is 30.0. The monoisotopic (exact) mass is 551 g/mol. The van der Waals surface area contributed by atoms with E-state index in [0.717, 1.165) is 32.5 Å². The second-order valence-electron chi connectivity index (χ2n) is 9.73. The summed E-state index contributed by atoms with van der Waals surface area (Å²) in [5.41, 5.74) is 3.74. The minimum absolute atomic E-state index is 0.0199. The smallest absolute Gasteiger partial charge is 0.412 e. The Morgan fingerprint density at radius 1 is 1.17 bits per heavy atom. The molecule has 0 bridgehead atoms. The third-order valence-electron chi connectivity index (χ3n) is 5.87. The first kappa shape index (κ1) is 25.7. The van der Waals surface area contributed by atoms with E-state index in [1.165, 1.54) is 0 Å². The lowest BCUT2D eigenvalue weighted by Gasteiger charge is -2.20. The molecule has 0 atom stereocenters. The van der Waals surface area contributed by atoms with E-state index in [1.54, 1.807) is 10.6 Å². The predicted molar refractivity (Wildman–Crippen MR) is 146 cm³/mol. The van der Waals surface area contributed by atoms with Crippen molar-refractivity contribution in [2.75, 3.05) is 5.32 Å². The molecule has 4 aromatic rings. The number of aryl methyl sites for hydroxylation is 2. The molecule has 0 aliphatic rings. The molecule has 2 aromatic carbocycles. The maximum atomic E-state index is 13.0. The van der Waals surface area contributed by atoms with Crippen LogP contribution in [0.5, 0.6) is 0 Å². The van der Waals surface area contributed by atoms with Gasteiger partial charge in [-0.1, -0.05) is 25.1 Å². The second kappa shape index (κ2) is 9.93. The number of para-hydroxylation sites is 1. The molecule has 4 rings (SSSR count). The molecule has 0 unspecified atom stereocenters. The van der Waals surface area contributed by atoms with Crippen LogP contribution in [0.15, 0.2) is 56.1 Å². The number of hydrogen-bond donors (Lipinski definition) is 1. The SMILES string of the molecule is CCc1nc(C)c(C)c(=O)n1Cc1ccc2oc(-c3ccccc3NC(=O)OC(C)(C)C)c(Br)c2c1. The van der Waals surface area contributed by atoms with Gasteiger partial charge < -0.3 is 9.15 Å². The zero-order valence-corrected chi connectivity index (χ0v) is 22.9. The zero-order valence-electron chi connectivity index (χ0n) is 21.4. The summed E-state index contributed by atoms with van der Waals surface area (Å²) in [5, 5.41) is 3.70. The highest BCUT2D eigenvalue weighted by molar-refractivity contribution is 9.10. The number of carbonyl (C=O) groups excluding carboxylic acids is 1. The first-order chi connectivity index (χ1) is 17.0. The molecular weight excluding hydrogens is 522 g/mol. The van der Waals surface area contributed by atoms with Gasteiger partial charge in [0.15, 0.2) is 5.76 Å². The van der Waals surface area contributed by atoms with E-state index in [0.29, 0.717) is 35.6 Å². The number of aromatic nitrogens is 2. The summed E-state index contributed by atoms with van der Waals surface area (Å²) in [7, 11) is 0. The van der Waals surface area contributed by atoms with Crippen LogP contribution in [0.2, 0.25) is 0 Å². The largest absolute Gasteiger partial charge is 0.455 e. The van der Waals surface area contributed by atoms with Gasteiger partial charge in [0.05, 0.1) is 16.7 Å². The zero-order chi connectivity index (χ0) is 26.2. The van der Waals surface area contributed by atoms with E-state index in [4.69, 9.17) is 9.15 Å². The molecule has 0 saturated carbocycles. The van der Waals surface area contributed by atoms with Crippen molar-refractivity contribution in [3.8, 4) is 11.3 Å². The van der Waals surface area contributed by atoms with Crippen molar-refractivity contribution in [1.29, 1.82) is 0 Å². The minimum atomic E-state index is -0.611. The number of fused-ring (bicyclic) bond motifs is 1. The van der Waals surface area contributed by atoms with Crippen LogP contribution in [0.25, 0.3) is 22.3 Å². The lowest BCUT2D eigenvalue weighted by atomic mass is 10.1. The fourth-order valence-electron chi connectivity index (χ4n) is 4.02. The molecule has 188 valence electrons. The second-order valence-corrected chi connectivity index (χ2v) is 10.5. The Labute approximate surface area is 218 Å². The van der Waals surface area contributed by atoms with Crippen molar-refractivity contribution in [2.24, 2.45) is 0 Å². The Bertz CT molecular complexity index is 1510. The number of nitrogens with one attached hydrogen (secondary N) is 1. The molecule has 36 heavy (non-hydrogen) atoms. The number of benzene rings is 2. The number of rotatable bonds is 5. The molecule has 0 spiro atoms. The molecule has 0 radical (unpaired) electrons. The van der Waals surface area contributed by atoms with E-state index in [2.05, 4.69) is 26.2 Å². The van der Waals surface area contributed by atoms with Crippen LogP contribution < -0.4 is 10.9 Å². The lowest BCUT2D eigenvalue weighted by Crippen LogP contribution is -2.28. The average molecular weight is 552 g/mol. The number of halogens is 1. The number of nitrogens with zero attached hydrogens (tertiary/aromatic N) is 2. The van der Waals surface area contributed by atoms with Gasteiger partial charge >= 0.3 is 6.09 Å². The normalized spacial score (nSPS) is 11.6. The molecule has 1 N–H and O–H groups in total. The number of hydrogen-bond acceptors (Lipinski definition) is 5. The van der Waals surface area contributed by atoms with Gasteiger partial charge in [0.25, 0.3) is 5.56 Å². The van der Waals surface area contributed by atoms with Gasteiger partial charge in [-0.2, -0.15) is 0 Å². The Kier molecular flexibility index (Phi) is 7.09. The molecule has 2 heterocycles. The molecule has 0 aliphatic heterocycles. The van der Waals surface area contributed by atoms with E-state index < -0.39 is 11.7 Å². The van der Waals surface area contributed by atoms with Crippen molar-refractivity contribution < 1.29 is 13.9 Å². The van der Waals surface area contributed by atoms with Gasteiger partial charge in [0.1, 0.15) is 17.0 Å². The summed E-state index contributed by atoms with van der Waals surface area (Å²) in [6.07, 6.45) is 0.128. The minimum Gasteiger partial charge on any atom is -0.455 e. The molecule has 2 aromatic heterocycles. The first-order valence-corrected chi connectivity index (χ1v) is 12.6. The van der Waals surface area contributed by atoms with E-state index in [1.807, 2.05) is 77.9 Å². The number of carbonyl (C=O) groups is 1. The number of ether oxygens (including phenoxy) is 1. The highest BCUT2D eigenvalue weighted by Crippen LogP contribution is 2.41. The van der Waals surface area contributed by atoms with Crippen LogP contribution in [-0.4, -0.2) is 21.2 Å². The van der Waals surface area contributed by atoms with E-state index >= 15 is 0 Å². The third kappa shape index (κ3) is 5.23. The molecule has 0 aliphatic carbocycles. The number of furan rings is 1. The molecule has 8 heteroatoms. The van der Waals surface area contributed by atoms with E-state index in [-0.39, 0.29) is 5.56 Å². The maximum Gasteiger partial charge on any atom is 0.412 e. The molecule has 7 nitrogen and oxygen atoms in total. The van der Waals surface area contributed by atoms with Gasteiger partial charge in [-0.05, 0) is 80.4 Å². The highest BCUT2D eigenvalue weighted by Gasteiger charge is 2.21. The average Bonchev–Trinajstić information content (AvgIpc) is 3.14. The van der Waals surface area contributed by atoms with E-state index in [9.17, 15) is 9.59 Å². The molecule has 1 amide bonds. The Hall–Kier alpha value is -3.39. The summed E-state index contributed by atoms with van der Waals surface area (Å²) < 4.78 is 14.1. The first-order valence-electron chi connectivity index (χ1n) is 11.9. The summed E-state index contributed by atoms with van der Waals surface area (Å²) in [6, 6.07) is 13.3. The van der Waals surface area contributed by atoms with Crippen LogP contribution in [0, 0.1) is 13.8 Å². The quantitative estimate of drug-likeness (QED) is 0.288. The standard InChI is InChI=1S/C28H30BrN3O4/c1-7-23-30-17(3)16(2)26(33)32(23)15-18-12-13-22-20(14-18)24(29)25(35-22)19-10-8-9-11-21(19)31-27(34)36-28(4,5)6/h8-14H,7,15H2,1-6H3,(H,31,34). The summed E-state index contributed by atoms with van der Waals surface area (Å²) >= 11 is 3.70. The Balaban J connectivity index is 1.72. The van der Waals surface area contributed by atoms with Crippen molar-refractivity contribution in [1.82, 2.24) is 9.55 Å². The predicted octanol–water partition coefficient (Wildman–Crippen LogP) is 6.99. The highest BCUT2D eigenvalue weighted by atomic mass is 79.9. The van der Waals surface area contributed by atoms with Crippen molar-refractivity contribution in [2.45, 2.75) is 60.1 Å². The van der Waals surface area contributed by atoms with Gasteiger partial charge in [0.2, 0.25) is 0 Å². The van der Waals surface area contributed by atoms with Crippen LogP contribution in [0.1, 0.15) is 50.3 Å². The van der Waals surface area contributed by atoms with Gasteiger partial charge in [0, 0.05) is 28.6 Å². The van der Waals surface area contributed by atoms with Crippen molar-refractivity contribution >= 4 is 38.7 Å². The maximum absolute atomic E-state index is 13.0. The van der Waals surface area contributed by atoms with Crippen LogP contribution in [-0.2, 0) is 17.7 Å². The van der Waals surface area contributed by atoms with Crippen LogP contribution >= 0.6 is 15.9 Å². The number of amides is 1. The fraction of sp³-hybridized carbons (Fsp3) is 0.321. The fourth-order valence-corrected chi connectivity index (χ4v) is 4.62. The lowest BCUT2D eigenvalue weighted by molar-refractivity contribution is 0.0636. The van der Waals surface area contributed by atoms with Crippen LogP contribution in [0.3, 0.4) is 0 Å². The molecular formula is C28H30BrN3O4. The number of anilines is 1.